The molecule has 5 heteroatoms. The highest BCUT2D eigenvalue weighted by Gasteiger charge is 2.02. The quantitative estimate of drug-likeness (QED) is 0.829. The molecular formula is C16H17FN2O2. The molecule has 0 aromatic heterocycles. The predicted molar refractivity (Wildman–Crippen MR) is 80.1 cm³/mol. The minimum absolute atomic E-state index is 0.356. The van der Waals surface area contributed by atoms with E-state index in [0.29, 0.717) is 18.8 Å². The van der Waals surface area contributed by atoms with Crippen LogP contribution in [0.25, 0.3) is 0 Å². The van der Waals surface area contributed by atoms with Crippen LogP contribution in [0.15, 0.2) is 48.5 Å². The third kappa shape index (κ3) is 5.14. The number of ether oxygens (including phenoxy) is 1. The molecule has 0 bridgehead atoms. The molecule has 2 rings (SSSR count). The molecule has 0 radical (unpaired) electrons. The average molecular weight is 288 g/mol. The van der Waals surface area contributed by atoms with Crippen molar-refractivity contribution in [1.29, 1.82) is 0 Å². The summed E-state index contributed by atoms with van der Waals surface area (Å²) >= 11 is 0. The van der Waals surface area contributed by atoms with Gasteiger partial charge in [-0.3, -0.25) is 0 Å². The fraction of sp³-hybridized carbons (Fsp3) is 0.188. The Balaban J connectivity index is 1.68. The number of nitrogens with one attached hydrogen (secondary N) is 2. The molecule has 0 aliphatic carbocycles. The van der Waals surface area contributed by atoms with Crippen LogP contribution in [-0.4, -0.2) is 19.2 Å². The standard InChI is InChI=1S/C16H17FN2O2/c1-12-5-7-15(8-6-12)21-10-9-18-16(20)19-14-4-2-3-13(17)11-14/h2-8,11H,9-10H2,1H3,(H2,18,19,20). The first-order valence-corrected chi connectivity index (χ1v) is 6.63. The SMILES string of the molecule is Cc1ccc(OCCNC(=O)Nc2cccc(F)c2)cc1. The van der Waals surface area contributed by atoms with Crippen LogP contribution in [0.2, 0.25) is 0 Å². The summed E-state index contributed by atoms with van der Waals surface area (Å²) in [6.07, 6.45) is 0. The van der Waals surface area contributed by atoms with E-state index in [2.05, 4.69) is 10.6 Å². The highest BCUT2D eigenvalue weighted by molar-refractivity contribution is 5.89. The normalized spacial score (nSPS) is 10.0. The minimum Gasteiger partial charge on any atom is -0.492 e. The van der Waals surface area contributed by atoms with Gasteiger partial charge in [0.15, 0.2) is 0 Å². The summed E-state index contributed by atoms with van der Waals surface area (Å²) in [5.41, 5.74) is 1.57. The second-order valence-corrected chi connectivity index (χ2v) is 4.55. The average Bonchev–Trinajstić information content (AvgIpc) is 2.45. The zero-order valence-corrected chi connectivity index (χ0v) is 11.7. The van der Waals surface area contributed by atoms with Crippen LogP contribution >= 0.6 is 0 Å². The number of anilines is 1. The summed E-state index contributed by atoms with van der Waals surface area (Å²) in [4.78, 5) is 11.6. The number of carbonyl (C=O) groups excluding carboxylic acids is 1. The van der Waals surface area contributed by atoms with Gasteiger partial charge in [-0.2, -0.15) is 0 Å². The van der Waals surface area contributed by atoms with Crippen molar-refractivity contribution < 1.29 is 13.9 Å². The number of urea groups is 1. The molecule has 0 atom stereocenters. The fourth-order valence-corrected chi connectivity index (χ4v) is 1.71. The van der Waals surface area contributed by atoms with Gasteiger partial charge in [-0.1, -0.05) is 23.8 Å². The van der Waals surface area contributed by atoms with Crippen LogP contribution in [0.5, 0.6) is 5.75 Å². The number of rotatable bonds is 5. The van der Waals surface area contributed by atoms with Gasteiger partial charge in [-0.25, -0.2) is 9.18 Å². The Bertz CT molecular complexity index is 599. The molecule has 0 heterocycles. The monoisotopic (exact) mass is 288 g/mol. The van der Waals surface area contributed by atoms with Crippen molar-refractivity contribution >= 4 is 11.7 Å². The fourth-order valence-electron chi connectivity index (χ4n) is 1.71. The van der Waals surface area contributed by atoms with Gasteiger partial charge < -0.3 is 15.4 Å². The van der Waals surface area contributed by atoms with Crippen LogP contribution in [-0.2, 0) is 0 Å². The molecule has 2 aromatic carbocycles. The Labute approximate surface area is 122 Å². The van der Waals surface area contributed by atoms with Crippen molar-refractivity contribution in [3.05, 3.63) is 59.9 Å². The Morgan fingerprint density at radius 1 is 1.19 bits per heavy atom. The zero-order chi connectivity index (χ0) is 15.1. The van der Waals surface area contributed by atoms with Crippen LogP contribution < -0.4 is 15.4 Å². The van der Waals surface area contributed by atoms with E-state index < -0.39 is 11.8 Å². The number of hydrogen-bond donors (Lipinski definition) is 2. The third-order valence-corrected chi connectivity index (χ3v) is 2.76. The lowest BCUT2D eigenvalue weighted by atomic mass is 10.2. The van der Waals surface area contributed by atoms with Crippen molar-refractivity contribution in [2.45, 2.75) is 6.92 Å². The summed E-state index contributed by atoms with van der Waals surface area (Å²) in [6.45, 7) is 2.72. The van der Waals surface area contributed by atoms with Gasteiger partial charge in [0.25, 0.3) is 0 Å². The van der Waals surface area contributed by atoms with Gasteiger partial charge in [0.05, 0.1) is 6.54 Å². The molecule has 0 saturated heterocycles. The molecule has 2 aromatic rings. The first-order valence-electron chi connectivity index (χ1n) is 6.63. The highest BCUT2D eigenvalue weighted by Crippen LogP contribution is 2.11. The summed E-state index contributed by atoms with van der Waals surface area (Å²) < 4.78 is 18.4. The number of carbonyl (C=O) groups is 1. The van der Waals surface area contributed by atoms with Gasteiger partial charge in [0.1, 0.15) is 18.2 Å². The van der Waals surface area contributed by atoms with Crippen LogP contribution in [0.4, 0.5) is 14.9 Å². The maximum Gasteiger partial charge on any atom is 0.319 e. The lowest BCUT2D eigenvalue weighted by Crippen LogP contribution is -2.32. The van der Waals surface area contributed by atoms with E-state index in [0.717, 1.165) is 11.3 Å². The maximum absolute atomic E-state index is 12.9. The van der Waals surface area contributed by atoms with Crippen LogP contribution in [0.3, 0.4) is 0 Å². The largest absolute Gasteiger partial charge is 0.492 e. The molecule has 0 saturated carbocycles. The van der Waals surface area contributed by atoms with Gasteiger partial charge in [0.2, 0.25) is 0 Å². The van der Waals surface area contributed by atoms with E-state index in [9.17, 15) is 9.18 Å². The second-order valence-electron chi connectivity index (χ2n) is 4.55. The first-order chi connectivity index (χ1) is 10.1. The molecule has 21 heavy (non-hydrogen) atoms. The van der Waals surface area contributed by atoms with Crippen molar-refractivity contribution in [3.63, 3.8) is 0 Å². The predicted octanol–water partition coefficient (Wildman–Crippen LogP) is 3.33. The van der Waals surface area contributed by atoms with Crippen molar-refractivity contribution in [2.75, 3.05) is 18.5 Å². The van der Waals surface area contributed by atoms with Gasteiger partial charge in [-0.15, -0.1) is 0 Å². The Kier molecular flexibility index (Phi) is 5.15. The van der Waals surface area contributed by atoms with E-state index in [-0.39, 0.29) is 0 Å². The smallest absolute Gasteiger partial charge is 0.319 e. The van der Waals surface area contributed by atoms with E-state index in [1.54, 1.807) is 6.07 Å². The van der Waals surface area contributed by atoms with E-state index in [4.69, 9.17) is 4.74 Å². The van der Waals surface area contributed by atoms with Crippen LogP contribution in [0.1, 0.15) is 5.56 Å². The van der Waals surface area contributed by atoms with Gasteiger partial charge >= 0.3 is 6.03 Å². The molecule has 4 nitrogen and oxygen atoms in total. The van der Waals surface area contributed by atoms with Crippen LogP contribution in [0, 0.1) is 12.7 Å². The Morgan fingerprint density at radius 3 is 2.67 bits per heavy atom. The lowest BCUT2D eigenvalue weighted by Gasteiger charge is -2.09. The van der Waals surface area contributed by atoms with E-state index in [1.165, 1.54) is 18.2 Å². The summed E-state index contributed by atoms with van der Waals surface area (Å²) in [6, 6.07) is 13.0. The molecular weight excluding hydrogens is 271 g/mol. The summed E-state index contributed by atoms with van der Waals surface area (Å²) in [5, 5.41) is 5.18. The number of benzene rings is 2. The van der Waals surface area contributed by atoms with Crippen molar-refractivity contribution in [2.24, 2.45) is 0 Å². The third-order valence-electron chi connectivity index (χ3n) is 2.76. The lowest BCUT2D eigenvalue weighted by molar-refractivity contribution is 0.247. The minimum atomic E-state index is -0.395. The number of amides is 2. The van der Waals surface area contributed by atoms with E-state index in [1.807, 2.05) is 31.2 Å². The molecule has 0 aliphatic rings. The first kappa shape index (κ1) is 14.8. The molecule has 0 spiro atoms. The molecule has 110 valence electrons. The van der Waals surface area contributed by atoms with Crippen molar-refractivity contribution in [1.82, 2.24) is 5.32 Å². The molecule has 0 unspecified atom stereocenters. The molecule has 2 N–H and O–H groups in total. The van der Waals surface area contributed by atoms with Crippen molar-refractivity contribution in [3.8, 4) is 5.75 Å². The molecule has 0 aliphatic heterocycles. The number of halogens is 1. The summed E-state index contributed by atoms with van der Waals surface area (Å²) in [5.74, 6) is 0.364. The number of aryl methyl sites for hydroxylation is 1. The highest BCUT2D eigenvalue weighted by atomic mass is 19.1. The summed E-state index contributed by atoms with van der Waals surface area (Å²) in [7, 11) is 0. The number of hydrogen-bond acceptors (Lipinski definition) is 2. The van der Waals surface area contributed by atoms with Gasteiger partial charge in [-0.05, 0) is 37.3 Å². The molecule has 2 amide bonds. The topological polar surface area (TPSA) is 50.4 Å². The Morgan fingerprint density at radius 2 is 1.95 bits per heavy atom. The van der Waals surface area contributed by atoms with Gasteiger partial charge in [0, 0.05) is 5.69 Å². The second kappa shape index (κ2) is 7.28. The maximum atomic E-state index is 12.9. The zero-order valence-electron chi connectivity index (χ0n) is 11.7. The van der Waals surface area contributed by atoms with E-state index >= 15 is 0 Å². The Hall–Kier alpha value is -2.56. The molecule has 0 fully saturated rings.